The molecule has 0 atom stereocenters. The molecule has 0 heterocycles. The van der Waals surface area contributed by atoms with E-state index in [0.29, 0.717) is 22.4 Å². The topological polar surface area (TPSA) is 26.0 Å². The van der Waals surface area contributed by atoms with Crippen LogP contribution in [0, 0.1) is 11.2 Å². The number of hydrogen-bond acceptors (Lipinski definition) is 1. The lowest BCUT2D eigenvalue weighted by Gasteiger charge is -2.41. The average Bonchev–Trinajstić information content (AvgIpc) is 2.28. The summed E-state index contributed by atoms with van der Waals surface area (Å²) in [5, 5.41) is 0.437. The number of hydrogen-bond donors (Lipinski definition) is 1. The van der Waals surface area contributed by atoms with Crippen molar-refractivity contribution >= 4 is 11.6 Å². The first-order chi connectivity index (χ1) is 8.30. The Hall–Kier alpha value is -0.600. The zero-order valence-electron chi connectivity index (χ0n) is 11.1. The van der Waals surface area contributed by atoms with Crippen LogP contribution in [0.3, 0.4) is 0 Å². The third-order valence-electron chi connectivity index (χ3n) is 4.16. The highest BCUT2D eigenvalue weighted by molar-refractivity contribution is 6.30. The van der Waals surface area contributed by atoms with Crippen LogP contribution in [0.15, 0.2) is 18.2 Å². The molecular formula is C15H21ClFN. The van der Waals surface area contributed by atoms with Crippen molar-refractivity contribution in [1.82, 2.24) is 0 Å². The van der Waals surface area contributed by atoms with Gasteiger partial charge in [-0.1, -0.05) is 31.5 Å². The highest BCUT2D eigenvalue weighted by atomic mass is 35.5. The molecule has 18 heavy (non-hydrogen) atoms. The summed E-state index contributed by atoms with van der Waals surface area (Å²) in [5.74, 6) is -0.239. The van der Waals surface area contributed by atoms with Crippen molar-refractivity contribution in [3.05, 3.63) is 34.6 Å². The van der Waals surface area contributed by atoms with Crippen molar-refractivity contribution in [2.75, 3.05) is 0 Å². The van der Waals surface area contributed by atoms with Gasteiger partial charge in [0.15, 0.2) is 0 Å². The van der Waals surface area contributed by atoms with E-state index in [1.807, 2.05) is 0 Å². The van der Waals surface area contributed by atoms with Gasteiger partial charge in [-0.05, 0) is 55.2 Å². The predicted molar refractivity (Wildman–Crippen MR) is 74.3 cm³/mol. The quantitative estimate of drug-likeness (QED) is 0.850. The van der Waals surface area contributed by atoms with Gasteiger partial charge in [0.2, 0.25) is 0 Å². The molecule has 1 aliphatic carbocycles. The van der Waals surface area contributed by atoms with Gasteiger partial charge in [0, 0.05) is 10.6 Å². The van der Waals surface area contributed by atoms with Gasteiger partial charge in [-0.3, -0.25) is 0 Å². The van der Waals surface area contributed by atoms with Gasteiger partial charge < -0.3 is 5.73 Å². The van der Waals surface area contributed by atoms with E-state index in [1.54, 1.807) is 12.1 Å². The van der Waals surface area contributed by atoms with E-state index in [0.717, 1.165) is 25.7 Å². The van der Waals surface area contributed by atoms with Gasteiger partial charge in [0.1, 0.15) is 5.82 Å². The molecule has 1 nitrogen and oxygen atoms in total. The van der Waals surface area contributed by atoms with E-state index < -0.39 is 0 Å². The molecule has 0 aliphatic heterocycles. The van der Waals surface area contributed by atoms with Crippen LogP contribution in [0.2, 0.25) is 5.02 Å². The van der Waals surface area contributed by atoms with Gasteiger partial charge in [-0.25, -0.2) is 4.39 Å². The lowest BCUT2D eigenvalue weighted by atomic mass is 9.68. The largest absolute Gasteiger partial charge is 0.325 e. The molecule has 0 bridgehead atoms. The molecule has 1 saturated carbocycles. The summed E-state index contributed by atoms with van der Waals surface area (Å²) in [6.07, 6.45) is 4.74. The number of rotatable bonds is 2. The van der Waals surface area contributed by atoms with Crippen molar-refractivity contribution in [3.8, 4) is 0 Å². The van der Waals surface area contributed by atoms with Gasteiger partial charge in [0.05, 0.1) is 0 Å². The van der Waals surface area contributed by atoms with E-state index in [2.05, 4.69) is 13.8 Å². The van der Waals surface area contributed by atoms with Crippen LogP contribution < -0.4 is 5.73 Å². The molecule has 0 amide bonds. The molecule has 0 radical (unpaired) electrons. The molecular weight excluding hydrogens is 249 g/mol. The SMILES string of the molecule is CC1(C)CCC(N)(Cc2ccc(Cl)cc2F)CC1. The van der Waals surface area contributed by atoms with Crippen LogP contribution in [0.5, 0.6) is 0 Å². The fourth-order valence-electron chi connectivity index (χ4n) is 2.65. The molecule has 1 aromatic carbocycles. The average molecular weight is 270 g/mol. The van der Waals surface area contributed by atoms with Crippen LogP contribution in [0.1, 0.15) is 45.1 Å². The van der Waals surface area contributed by atoms with Crippen molar-refractivity contribution in [1.29, 1.82) is 0 Å². The second-order valence-electron chi connectivity index (χ2n) is 6.44. The van der Waals surface area contributed by atoms with Crippen LogP contribution in [0.4, 0.5) is 4.39 Å². The predicted octanol–water partition coefficient (Wildman–Crippen LogP) is 4.32. The number of halogens is 2. The Morgan fingerprint density at radius 1 is 1.22 bits per heavy atom. The highest BCUT2D eigenvalue weighted by Gasteiger charge is 2.35. The zero-order chi connectivity index (χ0) is 13.4. The molecule has 1 fully saturated rings. The summed E-state index contributed by atoms with van der Waals surface area (Å²) >= 11 is 5.76. The summed E-state index contributed by atoms with van der Waals surface area (Å²) in [5.41, 5.74) is 7.22. The second-order valence-corrected chi connectivity index (χ2v) is 6.88. The monoisotopic (exact) mass is 269 g/mol. The van der Waals surface area contributed by atoms with E-state index in [4.69, 9.17) is 17.3 Å². The van der Waals surface area contributed by atoms with Crippen molar-refractivity contribution in [3.63, 3.8) is 0 Å². The minimum absolute atomic E-state index is 0.239. The smallest absolute Gasteiger partial charge is 0.127 e. The Morgan fingerprint density at radius 2 is 1.83 bits per heavy atom. The summed E-state index contributed by atoms with van der Waals surface area (Å²) in [4.78, 5) is 0. The van der Waals surface area contributed by atoms with E-state index in [1.165, 1.54) is 6.07 Å². The van der Waals surface area contributed by atoms with Crippen LogP contribution in [-0.4, -0.2) is 5.54 Å². The van der Waals surface area contributed by atoms with Crippen molar-refractivity contribution in [2.24, 2.45) is 11.1 Å². The first-order valence-corrected chi connectivity index (χ1v) is 6.90. The molecule has 3 heteroatoms. The standard InChI is InChI=1S/C15H21ClFN/c1-14(2)5-7-15(18,8-6-14)10-11-3-4-12(16)9-13(11)17/h3-4,9H,5-8,10,18H2,1-2H3. The Bertz CT molecular complexity index is 432. The maximum absolute atomic E-state index is 13.8. The van der Waals surface area contributed by atoms with E-state index >= 15 is 0 Å². The molecule has 1 aromatic rings. The Morgan fingerprint density at radius 3 is 2.39 bits per heavy atom. The third kappa shape index (κ3) is 3.24. The third-order valence-corrected chi connectivity index (χ3v) is 4.39. The van der Waals surface area contributed by atoms with Crippen molar-refractivity contribution in [2.45, 2.75) is 51.5 Å². The lowest BCUT2D eigenvalue weighted by molar-refractivity contribution is 0.164. The van der Waals surface area contributed by atoms with Crippen molar-refractivity contribution < 1.29 is 4.39 Å². The zero-order valence-corrected chi connectivity index (χ0v) is 11.9. The second kappa shape index (κ2) is 4.82. The molecule has 0 saturated heterocycles. The molecule has 2 rings (SSSR count). The Balaban J connectivity index is 2.09. The first-order valence-electron chi connectivity index (χ1n) is 6.53. The normalized spacial score (nSPS) is 21.8. The minimum Gasteiger partial charge on any atom is -0.325 e. The van der Waals surface area contributed by atoms with Crippen LogP contribution >= 0.6 is 11.6 Å². The first kappa shape index (κ1) is 13.8. The fraction of sp³-hybridized carbons (Fsp3) is 0.600. The summed E-state index contributed by atoms with van der Waals surface area (Å²) in [7, 11) is 0. The molecule has 1 aliphatic rings. The van der Waals surface area contributed by atoms with Gasteiger partial charge in [-0.2, -0.15) is 0 Å². The summed E-state index contributed by atoms with van der Waals surface area (Å²) in [6, 6.07) is 4.86. The van der Waals surface area contributed by atoms with E-state index in [-0.39, 0.29) is 11.4 Å². The Kier molecular flexibility index (Phi) is 3.70. The maximum atomic E-state index is 13.8. The molecule has 100 valence electrons. The highest BCUT2D eigenvalue weighted by Crippen LogP contribution is 2.40. The molecule has 2 N–H and O–H groups in total. The van der Waals surface area contributed by atoms with E-state index in [9.17, 15) is 4.39 Å². The molecule has 0 spiro atoms. The number of benzene rings is 1. The van der Waals surface area contributed by atoms with Gasteiger partial charge in [-0.15, -0.1) is 0 Å². The fourth-order valence-corrected chi connectivity index (χ4v) is 2.80. The van der Waals surface area contributed by atoms with Gasteiger partial charge in [0.25, 0.3) is 0 Å². The molecule has 0 unspecified atom stereocenters. The summed E-state index contributed by atoms with van der Waals surface area (Å²) < 4.78 is 13.8. The number of nitrogens with two attached hydrogens (primary N) is 1. The Labute approximate surface area is 114 Å². The minimum atomic E-state index is -0.260. The van der Waals surface area contributed by atoms with Gasteiger partial charge >= 0.3 is 0 Å². The maximum Gasteiger partial charge on any atom is 0.127 e. The van der Waals surface area contributed by atoms with Crippen LogP contribution in [0.25, 0.3) is 0 Å². The van der Waals surface area contributed by atoms with Crippen LogP contribution in [-0.2, 0) is 6.42 Å². The summed E-state index contributed by atoms with van der Waals surface area (Å²) in [6.45, 7) is 4.55. The molecule has 0 aromatic heterocycles. The lowest BCUT2D eigenvalue weighted by Crippen LogP contribution is -2.47.